The van der Waals surface area contributed by atoms with Crippen molar-refractivity contribution in [3.63, 3.8) is 0 Å². The fraction of sp³-hybridized carbons (Fsp3) is 0.208. The predicted molar refractivity (Wildman–Crippen MR) is 121 cm³/mol. The summed E-state index contributed by atoms with van der Waals surface area (Å²) in [5.74, 6) is 0.685. The second-order valence-corrected chi connectivity index (χ2v) is 8.32. The zero-order valence-electron chi connectivity index (χ0n) is 16.6. The molecule has 2 aromatic heterocycles. The van der Waals surface area contributed by atoms with E-state index in [4.69, 9.17) is 10.1 Å². The molecule has 1 aliphatic carbocycles. The Morgan fingerprint density at radius 2 is 1.87 bits per heavy atom. The molecule has 0 unspecified atom stereocenters. The summed E-state index contributed by atoms with van der Waals surface area (Å²) in [4.78, 5) is 17.7. The van der Waals surface area contributed by atoms with Gasteiger partial charge in [-0.15, -0.1) is 6.58 Å². The molecular weight excluding hydrogens is 392 g/mol. The molecule has 0 spiro atoms. The van der Waals surface area contributed by atoms with Crippen molar-refractivity contribution in [2.75, 3.05) is 0 Å². The van der Waals surface area contributed by atoms with Crippen molar-refractivity contribution in [3.8, 4) is 5.69 Å². The number of benzene rings is 2. The molecule has 5 rings (SSSR count). The van der Waals surface area contributed by atoms with Gasteiger partial charge >= 0.3 is 0 Å². The maximum absolute atomic E-state index is 13.0. The number of para-hydroxylation sites is 2. The van der Waals surface area contributed by atoms with Crippen molar-refractivity contribution < 1.29 is 0 Å². The largest absolute Gasteiger partial charge is 0.283 e. The SMILES string of the molecule is C=CCn1c(SCc2nn(-c3ccccc3)c3c2CCC3)nc2ccccc2c1=O. The standard InChI is InChI=1S/C24H22N4OS/c1-2-15-27-23(29)19-11-6-7-13-20(19)25-24(27)30-16-21-18-12-8-14-22(18)28(26-21)17-9-4-3-5-10-17/h2-7,9-11,13H,1,8,12,14-16H2. The maximum atomic E-state index is 13.0. The minimum Gasteiger partial charge on any atom is -0.283 e. The Morgan fingerprint density at radius 1 is 1.07 bits per heavy atom. The lowest BCUT2D eigenvalue weighted by molar-refractivity contribution is 0.671. The number of hydrogen-bond donors (Lipinski definition) is 0. The normalized spacial score (nSPS) is 12.9. The topological polar surface area (TPSA) is 52.7 Å². The van der Waals surface area contributed by atoms with E-state index in [0.29, 0.717) is 22.8 Å². The zero-order valence-corrected chi connectivity index (χ0v) is 17.4. The number of rotatable bonds is 6. The highest BCUT2D eigenvalue weighted by atomic mass is 32.2. The van der Waals surface area contributed by atoms with E-state index in [1.165, 1.54) is 11.3 Å². The Kier molecular flexibility index (Phi) is 5.01. The van der Waals surface area contributed by atoms with Crippen LogP contribution >= 0.6 is 11.8 Å². The third kappa shape index (κ3) is 3.27. The Hall–Kier alpha value is -3.12. The smallest absolute Gasteiger partial charge is 0.262 e. The first-order chi connectivity index (χ1) is 14.8. The van der Waals surface area contributed by atoms with E-state index in [9.17, 15) is 4.79 Å². The molecule has 150 valence electrons. The maximum Gasteiger partial charge on any atom is 0.262 e. The van der Waals surface area contributed by atoms with Crippen molar-refractivity contribution in [2.45, 2.75) is 36.7 Å². The van der Waals surface area contributed by atoms with E-state index in [2.05, 4.69) is 23.4 Å². The summed E-state index contributed by atoms with van der Waals surface area (Å²) >= 11 is 1.57. The number of nitrogens with zero attached hydrogens (tertiary/aromatic N) is 4. The first kappa shape index (κ1) is 18.9. The predicted octanol–water partition coefficient (Wildman–Crippen LogP) is 4.55. The summed E-state index contributed by atoms with van der Waals surface area (Å²) in [5, 5.41) is 6.28. The average Bonchev–Trinajstić information content (AvgIpc) is 3.38. The van der Waals surface area contributed by atoms with Crippen LogP contribution in [0.15, 0.2) is 77.2 Å². The molecule has 0 saturated heterocycles. The second kappa shape index (κ2) is 7.95. The highest BCUT2D eigenvalue weighted by Gasteiger charge is 2.23. The molecule has 0 radical (unpaired) electrons. The van der Waals surface area contributed by atoms with E-state index in [0.717, 1.165) is 36.2 Å². The van der Waals surface area contributed by atoms with E-state index < -0.39 is 0 Å². The first-order valence-electron chi connectivity index (χ1n) is 10.1. The molecule has 4 aromatic rings. The second-order valence-electron chi connectivity index (χ2n) is 7.38. The molecule has 0 aliphatic heterocycles. The van der Waals surface area contributed by atoms with Crippen LogP contribution in [-0.4, -0.2) is 19.3 Å². The van der Waals surface area contributed by atoms with Gasteiger partial charge in [0.05, 0.1) is 22.3 Å². The molecule has 30 heavy (non-hydrogen) atoms. The van der Waals surface area contributed by atoms with Crippen molar-refractivity contribution in [2.24, 2.45) is 0 Å². The van der Waals surface area contributed by atoms with Crippen LogP contribution in [0.4, 0.5) is 0 Å². The fourth-order valence-electron chi connectivity index (χ4n) is 4.09. The molecule has 2 heterocycles. The average molecular weight is 415 g/mol. The number of hydrogen-bond acceptors (Lipinski definition) is 4. The lowest BCUT2D eigenvalue weighted by Crippen LogP contribution is -2.22. The van der Waals surface area contributed by atoms with Gasteiger partial charge in [0.1, 0.15) is 0 Å². The van der Waals surface area contributed by atoms with Gasteiger partial charge in [0.2, 0.25) is 0 Å². The molecule has 0 bridgehead atoms. The van der Waals surface area contributed by atoms with Crippen LogP contribution in [0.1, 0.15) is 23.4 Å². The van der Waals surface area contributed by atoms with Crippen LogP contribution < -0.4 is 5.56 Å². The first-order valence-corrected chi connectivity index (χ1v) is 11.1. The summed E-state index contributed by atoms with van der Waals surface area (Å²) in [6.45, 7) is 4.25. The Bertz CT molecular complexity index is 1290. The van der Waals surface area contributed by atoms with Gasteiger partial charge in [-0.05, 0) is 49.1 Å². The quantitative estimate of drug-likeness (QED) is 0.264. The van der Waals surface area contributed by atoms with Gasteiger partial charge in [-0.2, -0.15) is 5.10 Å². The minimum atomic E-state index is -0.0250. The monoisotopic (exact) mass is 414 g/mol. The van der Waals surface area contributed by atoms with E-state index in [1.54, 1.807) is 22.4 Å². The van der Waals surface area contributed by atoms with Gasteiger partial charge in [0, 0.05) is 18.0 Å². The van der Waals surface area contributed by atoms with Crippen LogP contribution in [0.25, 0.3) is 16.6 Å². The molecule has 5 nitrogen and oxygen atoms in total. The number of allylic oxidation sites excluding steroid dienone is 1. The third-order valence-electron chi connectivity index (χ3n) is 5.49. The van der Waals surface area contributed by atoms with Gasteiger partial charge < -0.3 is 0 Å². The fourth-order valence-corrected chi connectivity index (χ4v) is 5.07. The van der Waals surface area contributed by atoms with Gasteiger partial charge in [-0.1, -0.05) is 48.2 Å². The van der Waals surface area contributed by atoms with E-state index in [-0.39, 0.29) is 5.56 Å². The lowest BCUT2D eigenvalue weighted by atomic mass is 10.2. The van der Waals surface area contributed by atoms with Crippen molar-refractivity contribution >= 4 is 22.7 Å². The van der Waals surface area contributed by atoms with E-state index >= 15 is 0 Å². The molecule has 0 amide bonds. The molecule has 0 saturated carbocycles. The Morgan fingerprint density at radius 3 is 2.70 bits per heavy atom. The van der Waals surface area contributed by atoms with Crippen LogP contribution in [0.2, 0.25) is 0 Å². The Labute approximate surface area is 179 Å². The number of fused-ring (bicyclic) bond motifs is 2. The molecular formula is C24H22N4OS. The zero-order chi connectivity index (χ0) is 20.5. The summed E-state index contributed by atoms with van der Waals surface area (Å²) in [7, 11) is 0. The summed E-state index contributed by atoms with van der Waals surface area (Å²) in [6.07, 6.45) is 5.01. The van der Waals surface area contributed by atoms with Gasteiger partial charge in [0.25, 0.3) is 5.56 Å². The number of aromatic nitrogens is 4. The lowest BCUT2D eigenvalue weighted by Gasteiger charge is -2.11. The van der Waals surface area contributed by atoms with Gasteiger partial charge in [-0.25, -0.2) is 9.67 Å². The number of thioether (sulfide) groups is 1. The van der Waals surface area contributed by atoms with Crippen molar-refractivity contribution in [3.05, 3.63) is 94.6 Å². The van der Waals surface area contributed by atoms with Crippen molar-refractivity contribution in [1.29, 1.82) is 0 Å². The molecule has 0 atom stereocenters. The van der Waals surface area contributed by atoms with Gasteiger partial charge in [-0.3, -0.25) is 9.36 Å². The Balaban J connectivity index is 1.51. The highest BCUT2D eigenvalue weighted by Crippen LogP contribution is 2.31. The van der Waals surface area contributed by atoms with Crippen LogP contribution in [-0.2, 0) is 25.1 Å². The molecule has 2 aromatic carbocycles. The highest BCUT2D eigenvalue weighted by molar-refractivity contribution is 7.98. The molecule has 6 heteroatoms. The summed E-state index contributed by atoms with van der Waals surface area (Å²) < 4.78 is 3.79. The van der Waals surface area contributed by atoms with Crippen LogP contribution in [0.3, 0.4) is 0 Å². The molecule has 0 fully saturated rings. The summed E-state index contributed by atoms with van der Waals surface area (Å²) in [5.41, 5.74) is 5.55. The van der Waals surface area contributed by atoms with Crippen LogP contribution in [0.5, 0.6) is 0 Å². The van der Waals surface area contributed by atoms with Crippen molar-refractivity contribution in [1.82, 2.24) is 19.3 Å². The summed E-state index contributed by atoms with van der Waals surface area (Å²) in [6, 6.07) is 17.8. The minimum absolute atomic E-state index is 0.0250. The third-order valence-corrected chi connectivity index (χ3v) is 6.48. The van der Waals surface area contributed by atoms with E-state index in [1.807, 2.05) is 42.5 Å². The van der Waals surface area contributed by atoms with Crippen LogP contribution in [0, 0.1) is 0 Å². The van der Waals surface area contributed by atoms with Gasteiger partial charge in [0.15, 0.2) is 5.16 Å². The molecule has 1 aliphatic rings. The molecule has 0 N–H and O–H groups in total.